The molecule has 4 rings (SSSR count). The summed E-state index contributed by atoms with van der Waals surface area (Å²) in [6, 6.07) is 12.4. The SMILES string of the molecule is Cc1cc2c(cc1C#N)c(-c1cccc(N)c1C)cn2[C@@H]1C=C[C@H](O)C1. The summed E-state index contributed by atoms with van der Waals surface area (Å²) >= 11 is 0. The quantitative estimate of drug-likeness (QED) is 0.540. The molecule has 26 heavy (non-hydrogen) atoms. The van der Waals surface area contributed by atoms with Gasteiger partial charge in [0, 0.05) is 34.8 Å². The number of aromatic nitrogens is 1. The zero-order valence-electron chi connectivity index (χ0n) is 14.9. The zero-order chi connectivity index (χ0) is 18.4. The van der Waals surface area contributed by atoms with Gasteiger partial charge in [-0.1, -0.05) is 24.3 Å². The molecule has 130 valence electrons. The molecule has 0 aliphatic heterocycles. The van der Waals surface area contributed by atoms with Crippen molar-refractivity contribution in [2.45, 2.75) is 32.4 Å². The van der Waals surface area contributed by atoms with E-state index < -0.39 is 6.10 Å². The van der Waals surface area contributed by atoms with Crippen LogP contribution in [0.25, 0.3) is 22.0 Å². The fourth-order valence-electron chi connectivity index (χ4n) is 3.82. The van der Waals surface area contributed by atoms with Crippen LogP contribution in [0.2, 0.25) is 0 Å². The second kappa shape index (κ2) is 6.05. The van der Waals surface area contributed by atoms with Gasteiger partial charge in [0.05, 0.1) is 23.8 Å². The van der Waals surface area contributed by atoms with Gasteiger partial charge >= 0.3 is 0 Å². The number of hydrogen-bond donors (Lipinski definition) is 2. The lowest BCUT2D eigenvalue weighted by molar-refractivity contribution is 0.211. The third-order valence-corrected chi connectivity index (χ3v) is 5.36. The predicted octanol–water partition coefficient (Wildman–Crippen LogP) is 4.24. The van der Waals surface area contributed by atoms with Crippen molar-refractivity contribution in [3.63, 3.8) is 0 Å². The van der Waals surface area contributed by atoms with Crippen LogP contribution in [0.15, 0.2) is 48.7 Å². The van der Waals surface area contributed by atoms with Crippen LogP contribution in [0, 0.1) is 25.2 Å². The van der Waals surface area contributed by atoms with Crippen LogP contribution in [0.5, 0.6) is 0 Å². The Morgan fingerprint density at radius 3 is 2.69 bits per heavy atom. The van der Waals surface area contributed by atoms with E-state index in [1.807, 2.05) is 44.2 Å². The van der Waals surface area contributed by atoms with Crippen molar-refractivity contribution in [3.8, 4) is 17.2 Å². The molecule has 0 spiro atoms. The molecular weight excluding hydrogens is 322 g/mol. The highest BCUT2D eigenvalue weighted by Gasteiger charge is 2.22. The van der Waals surface area contributed by atoms with Crippen molar-refractivity contribution < 1.29 is 5.11 Å². The molecule has 3 aromatic rings. The van der Waals surface area contributed by atoms with E-state index in [9.17, 15) is 10.4 Å². The molecule has 1 heterocycles. The van der Waals surface area contributed by atoms with Gasteiger partial charge in [0.15, 0.2) is 0 Å². The number of nitrogen functional groups attached to an aromatic ring is 1. The summed E-state index contributed by atoms with van der Waals surface area (Å²) in [7, 11) is 0. The normalized spacial score (nSPS) is 19.2. The topological polar surface area (TPSA) is 75.0 Å². The van der Waals surface area contributed by atoms with Gasteiger partial charge in [0.25, 0.3) is 0 Å². The number of aliphatic hydroxyl groups excluding tert-OH is 1. The molecule has 4 nitrogen and oxygen atoms in total. The van der Waals surface area contributed by atoms with Gasteiger partial charge in [-0.15, -0.1) is 0 Å². The van der Waals surface area contributed by atoms with E-state index in [0.717, 1.165) is 38.8 Å². The molecule has 0 unspecified atom stereocenters. The second-order valence-corrected chi connectivity index (χ2v) is 7.02. The summed E-state index contributed by atoms with van der Waals surface area (Å²) in [6.07, 6.45) is 6.28. The third-order valence-electron chi connectivity index (χ3n) is 5.36. The minimum atomic E-state index is -0.408. The number of nitriles is 1. The van der Waals surface area contributed by atoms with Crippen LogP contribution in [-0.2, 0) is 0 Å². The molecule has 0 fully saturated rings. The average Bonchev–Trinajstić information content (AvgIpc) is 3.20. The fourth-order valence-corrected chi connectivity index (χ4v) is 3.82. The molecule has 2 atom stereocenters. The highest BCUT2D eigenvalue weighted by atomic mass is 16.3. The third kappa shape index (κ3) is 2.49. The minimum absolute atomic E-state index is 0.106. The van der Waals surface area contributed by atoms with E-state index >= 15 is 0 Å². The maximum absolute atomic E-state index is 9.91. The molecule has 3 N–H and O–H groups in total. The van der Waals surface area contributed by atoms with E-state index in [4.69, 9.17) is 5.73 Å². The first-order chi connectivity index (χ1) is 12.5. The van der Waals surface area contributed by atoms with Crippen LogP contribution in [0.4, 0.5) is 5.69 Å². The molecule has 1 aliphatic carbocycles. The summed E-state index contributed by atoms with van der Waals surface area (Å²) in [5, 5.41) is 20.4. The zero-order valence-corrected chi connectivity index (χ0v) is 14.9. The molecular formula is C22H21N3O. The van der Waals surface area contributed by atoms with Crippen molar-refractivity contribution in [2.24, 2.45) is 0 Å². The number of fused-ring (bicyclic) bond motifs is 1. The van der Waals surface area contributed by atoms with Crippen LogP contribution in [0.3, 0.4) is 0 Å². The van der Waals surface area contributed by atoms with Crippen molar-refractivity contribution >= 4 is 16.6 Å². The molecule has 0 saturated carbocycles. The van der Waals surface area contributed by atoms with Gasteiger partial charge in [-0.3, -0.25) is 0 Å². The molecule has 1 aromatic heterocycles. The van der Waals surface area contributed by atoms with E-state index in [1.165, 1.54) is 0 Å². The summed E-state index contributed by atoms with van der Waals surface area (Å²) in [4.78, 5) is 0. The lowest BCUT2D eigenvalue weighted by Crippen LogP contribution is -2.07. The minimum Gasteiger partial charge on any atom is -0.398 e. The Hall–Kier alpha value is -3.03. The van der Waals surface area contributed by atoms with Crippen molar-refractivity contribution in [3.05, 3.63) is 65.4 Å². The van der Waals surface area contributed by atoms with Crippen LogP contribution < -0.4 is 5.73 Å². The second-order valence-electron chi connectivity index (χ2n) is 7.02. The summed E-state index contributed by atoms with van der Waals surface area (Å²) < 4.78 is 2.20. The monoisotopic (exact) mass is 343 g/mol. The molecule has 4 heteroatoms. The highest BCUT2D eigenvalue weighted by molar-refractivity contribution is 5.98. The van der Waals surface area contributed by atoms with E-state index in [-0.39, 0.29) is 6.04 Å². The first-order valence-electron chi connectivity index (χ1n) is 8.76. The number of aliphatic hydroxyl groups is 1. The van der Waals surface area contributed by atoms with E-state index in [1.54, 1.807) is 0 Å². The molecule has 0 bridgehead atoms. The van der Waals surface area contributed by atoms with Crippen molar-refractivity contribution in [2.75, 3.05) is 5.73 Å². The summed E-state index contributed by atoms with van der Waals surface area (Å²) in [6.45, 7) is 3.98. The number of rotatable bonds is 2. The number of benzene rings is 2. The fraction of sp³-hybridized carbons (Fsp3) is 0.227. The highest BCUT2D eigenvalue weighted by Crippen LogP contribution is 2.38. The molecule has 0 saturated heterocycles. The van der Waals surface area contributed by atoms with Crippen LogP contribution in [-0.4, -0.2) is 15.8 Å². The van der Waals surface area contributed by atoms with Crippen molar-refractivity contribution in [1.29, 1.82) is 5.26 Å². The van der Waals surface area contributed by atoms with E-state index in [2.05, 4.69) is 29.0 Å². The first kappa shape index (κ1) is 16.4. The van der Waals surface area contributed by atoms with Crippen LogP contribution >= 0.6 is 0 Å². The molecule has 0 radical (unpaired) electrons. The maximum Gasteiger partial charge on any atom is 0.0994 e. The van der Waals surface area contributed by atoms with Gasteiger partial charge < -0.3 is 15.4 Å². The molecule has 0 amide bonds. The number of nitrogens with two attached hydrogens (primary N) is 1. The largest absolute Gasteiger partial charge is 0.398 e. The van der Waals surface area contributed by atoms with Gasteiger partial charge in [0.2, 0.25) is 0 Å². The maximum atomic E-state index is 9.91. The Balaban J connectivity index is 2.02. The number of anilines is 1. The number of aryl methyl sites for hydroxylation is 1. The molecule has 2 aromatic carbocycles. The Bertz CT molecular complexity index is 1080. The Morgan fingerprint density at radius 2 is 2.00 bits per heavy atom. The number of allylic oxidation sites excluding steroid dienone is 1. The summed E-state index contributed by atoms with van der Waals surface area (Å²) in [5.41, 5.74) is 12.8. The van der Waals surface area contributed by atoms with Crippen molar-refractivity contribution in [1.82, 2.24) is 4.57 Å². The number of nitrogens with zero attached hydrogens (tertiary/aromatic N) is 2. The van der Waals surface area contributed by atoms with E-state index in [0.29, 0.717) is 12.0 Å². The smallest absolute Gasteiger partial charge is 0.0994 e. The molecule has 1 aliphatic rings. The van der Waals surface area contributed by atoms with Crippen LogP contribution in [0.1, 0.15) is 29.2 Å². The van der Waals surface area contributed by atoms with Gasteiger partial charge in [0.1, 0.15) is 0 Å². The lowest BCUT2D eigenvalue weighted by atomic mass is 9.97. The van der Waals surface area contributed by atoms with Gasteiger partial charge in [-0.2, -0.15) is 5.26 Å². The number of hydrogen-bond acceptors (Lipinski definition) is 3. The van der Waals surface area contributed by atoms with Gasteiger partial charge in [-0.05, 0) is 48.7 Å². The Morgan fingerprint density at radius 1 is 1.19 bits per heavy atom. The predicted molar refractivity (Wildman–Crippen MR) is 105 cm³/mol. The lowest BCUT2D eigenvalue weighted by Gasteiger charge is -2.13. The van der Waals surface area contributed by atoms with Gasteiger partial charge in [-0.25, -0.2) is 0 Å². The Labute approximate surface area is 152 Å². The Kier molecular flexibility index (Phi) is 3.82. The first-order valence-corrected chi connectivity index (χ1v) is 8.76. The summed E-state index contributed by atoms with van der Waals surface area (Å²) in [5.74, 6) is 0. The average molecular weight is 343 g/mol. The standard InChI is InChI=1S/C22H21N3O/c1-13-8-22-19(9-15(13)11-23)20(18-4-3-5-21(24)14(18)2)12-25(22)16-6-7-17(26)10-16/h3-9,12,16-17,26H,10,24H2,1-2H3/t16-,17+/m1/s1.